The number of carbonyl (C=O) groups is 1. The number of alkyl halides is 3. The highest BCUT2D eigenvalue weighted by atomic mass is 19.4. The molecule has 0 unspecified atom stereocenters. The molecular formula is C18H18F3N3O4. The van der Waals surface area contributed by atoms with E-state index in [0.29, 0.717) is 48.8 Å². The summed E-state index contributed by atoms with van der Waals surface area (Å²) < 4.78 is 54.9. The Hall–Kier alpha value is -2.75. The number of aromatic nitrogens is 2. The van der Waals surface area contributed by atoms with Crippen LogP contribution in [-0.4, -0.2) is 59.8 Å². The minimum atomic E-state index is -4.49. The third-order valence-electron chi connectivity index (χ3n) is 4.72. The smallest absolute Gasteiger partial charge is 0.406 e. The number of carbonyl (C=O) groups excluding carboxylic acids is 1. The number of amides is 1. The van der Waals surface area contributed by atoms with Gasteiger partial charge in [-0.05, 0) is 37.1 Å². The lowest BCUT2D eigenvalue weighted by atomic mass is 10.1. The van der Waals surface area contributed by atoms with Crippen LogP contribution in [0.5, 0.6) is 11.5 Å². The average molecular weight is 397 g/mol. The van der Waals surface area contributed by atoms with Crippen LogP contribution >= 0.6 is 0 Å². The molecule has 7 nitrogen and oxygen atoms in total. The van der Waals surface area contributed by atoms with E-state index in [2.05, 4.69) is 10.2 Å². The number of halogens is 3. The Balaban J connectivity index is 1.57. The van der Waals surface area contributed by atoms with Gasteiger partial charge in [0.15, 0.2) is 11.5 Å². The van der Waals surface area contributed by atoms with Gasteiger partial charge in [-0.3, -0.25) is 9.89 Å². The van der Waals surface area contributed by atoms with Gasteiger partial charge in [0.2, 0.25) is 6.79 Å². The van der Waals surface area contributed by atoms with E-state index in [1.165, 1.54) is 6.07 Å². The molecule has 2 aromatic rings. The van der Waals surface area contributed by atoms with E-state index >= 15 is 0 Å². The molecule has 1 aromatic heterocycles. The summed E-state index contributed by atoms with van der Waals surface area (Å²) in [6, 6.07) is 6.08. The first-order chi connectivity index (χ1) is 13.4. The van der Waals surface area contributed by atoms with Crippen molar-refractivity contribution in [3.63, 3.8) is 0 Å². The van der Waals surface area contributed by atoms with Gasteiger partial charge in [0.1, 0.15) is 12.2 Å². The van der Waals surface area contributed by atoms with E-state index in [0.717, 1.165) is 4.90 Å². The number of rotatable bonds is 4. The molecule has 0 radical (unpaired) electrons. The zero-order valence-corrected chi connectivity index (χ0v) is 14.8. The first kappa shape index (κ1) is 18.6. The molecule has 0 atom stereocenters. The van der Waals surface area contributed by atoms with Gasteiger partial charge >= 0.3 is 6.18 Å². The Bertz CT molecular complexity index is 862. The number of fused-ring (bicyclic) bond motifs is 1. The van der Waals surface area contributed by atoms with Crippen LogP contribution in [0, 0.1) is 0 Å². The molecule has 10 heteroatoms. The number of H-pyrrole nitrogens is 1. The molecular weight excluding hydrogens is 379 g/mol. The summed E-state index contributed by atoms with van der Waals surface area (Å²) in [7, 11) is 0. The van der Waals surface area contributed by atoms with Crippen LogP contribution in [0.2, 0.25) is 0 Å². The summed E-state index contributed by atoms with van der Waals surface area (Å²) in [5, 5.41) is 6.65. The summed E-state index contributed by atoms with van der Waals surface area (Å²) in [5.74, 6) is 0.421. The number of nitrogens with zero attached hydrogens (tertiary/aromatic N) is 2. The highest BCUT2D eigenvalue weighted by molar-refractivity contribution is 5.93. The first-order valence-corrected chi connectivity index (χ1v) is 8.81. The molecule has 0 bridgehead atoms. The first-order valence-electron chi connectivity index (χ1n) is 8.81. The average Bonchev–Trinajstić information content (AvgIpc) is 3.34. The third-order valence-corrected chi connectivity index (χ3v) is 4.72. The minimum Gasteiger partial charge on any atom is -0.454 e. The molecule has 1 amide bonds. The van der Waals surface area contributed by atoms with E-state index < -0.39 is 24.7 Å². The highest BCUT2D eigenvalue weighted by Gasteiger charge is 2.38. The monoisotopic (exact) mass is 397 g/mol. The summed E-state index contributed by atoms with van der Waals surface area (Å²) in [6.07, 6.45) is -3.76. The lowest BCUT2D eigenvalue weighted by Crippen LogP contribution is -2.48. The fourth-order valence-electron chi connectivity index (χ4n) is 3.35. The molecule has 4 rings (SSSR count). The summed E-state index contributed by atoms with van der Waals surface area (Å²) >= 11 is 0. The Morgan fingerprint density at radius 1 is 1.18 bits per heavy atom. The summed E-state index contributed by atoms with van der Waals surface area (Å²) in [5.41, 5.74) is 1.09. The molecule has 0 saturated carbocycles. The van der Waals surface area contributed by atoms with Gasteiger partial charge in [-0.1, -0.05) is 0 Å². The Morgan fingerprint density at radius 2 is 1.93 bits per heavy atom. The van der Waals surface area contributed by atoms with Crippen molar-refractivity contribution in [3.8, 4) is 22.8 Å². The number of nitrogens with one attached hydrogen (secondary N) is 1. The van der Waals surface area contributed by atoms with Crippen molar-refractivity contribution in [2.24, 2.45) is 0 Å². The zero-order chi connectivity index (χ0) is 19.7. The van der Waals surface area contributed by atoms with E-state index in [-0.39, 0.29) is 12.5 Å². The fourth-order valence-corrected chi connectivity index (χ4v) is 3.35. The van der Waals surface area contributed by atoms with Gasteiger partial charge in [-0.25, -0.2) is 0 Å². The van der Waals surface area contributed by atoms with Gasteiger partial charge in [0.25, 0.3) is 5.91 Å². The number of hydrogen-bond acceptors (Lipinski definition) is 5. The largest absolute Gasteiger partial charge is 0.454 e. The lowest BCUT2D eigenvalue weighted by molar-refractivity contribution is -0.147. The van der Waals surface area contributed by atoms with Crippen LogP contribution in [-0.2, 0) is 4.74 Å². The van der Waals surface area contributed by atoms with E-state index in [4.69, 9.17) is 14.2 Å². The Kier molecular flexibility index (Phi) is 4.88. The van der Waals surface area contributed by atoms with Crippen molar-refractivity contribution in [3.05, 3.63) is 30.0 Å². The van der Waals surface area contributed by atoms with Gasteiger partial charge in [-0.2, -0.15) is 18.3 Å². The topological polar surface area (TPSA) is 76.7 Å². The minimum absolute atomic E-state index is 0.00316. The Morgan fingerprint density at radius 3 is 2.68 bits per heavy atom. The van der Waals surface area contributed by atoms with E-state index in [1.807, 2.05) is 0 Å². The lowest BCUT2D eigenvalue weighted by Gasteiger charge is -2.34. The predicted octanol–water partition coefficient (Wildman–Crippen LogP) is 2.99. The molecule has 1 N–H and O–H groups in total. The van der Waals surface area contributed by atoms with Crippen molar-refractivity contribution in [2.75, 3.05) is 26.6 Å². The SMILES string of the molecule is O=C(c1cc(-c2ccc3c(c2)OCO3)n[nH]1)N(CC(F)(F)F)C1CCOCC1. The normalized spacial score (nSPS) is 17.0. The van der Waals surface area contributed by atoms with Gasteiger partial charge in [0.05, 0.1) is 5.69 Å². The molecule has 28 heavy (non-hydrogen) atoms. The molecule has 2 aliphatic rings. The van der Waals surface area contributed by atoms with Crippen LogP contribution in [0.3, 0.4) is 0 Å². The quantitative estimate of drug-likeness (QED) is 0.859. The molecule has 1 saturated heterocycles. The third kappa shape index (κ3) is 3.91. The van der Waals surface area contributed by atoms with Crippen LogP contribution in [0.25, 0.3) is 11.3 Å². The molecule has 0 aliphatic carbocycles. The van der Waals surface area contributed by atoms with Crippen molar-refractivity contribution >= 4 is 5.91 Å². The van der Waals surface area contributed by atoms with Crippen molar-refractivity contribution < 1.29 is 32.2 Å². The maximum atomic E-state index is 13.1. The number of benzene rings is 1. The highest BCUT2D eigenvalue weighted by Crippen LogP contribution is 2.35. The van der Waals surface area contributed by atoms with Gasteiger partial charge in [0, 0.05) is 24.8 Å². The maximum absolute atomic E-state index is 13.1. The number of ether oxygens (including phenoxy) is 3. The predicted molar refractivity (Wildman–Crippen MR) is 91.1 cm³/mol. The number of hydrogen-bond donors (Lipinski definition) is 1. The molecule has 150 valence electrons. The van der Waals surface area contributed by atoms with E-state index in [1.54, 1.807) is 18.2 Å². The summed E-state index contributed by atoms with van der Waals surface area (Å²) in [6.45, 7) is -0.523. The van der Waals surface area contributed by atoms with Crippen molar-refractivity contribution in [1.29, 1.82) is 0 Å². The van der Waals surface area contributed by atoms with Crippen molar-refractivity contribution in [1.82, 2.24) is 15.1 Å². The maximum Gasteiger partial charge on any atom is 0.406 e. The van der Waals surface area contributed by atoms with Gasteiger partial charge in [-0.15, -0.1) is 0 Å². The zero-order valence-electron chi connectivity index (χ0n) is 14.8. The van der Waals surface area contributed by atoms with Crippen LogP contribution in [0.4, 0.5) is 13.2 Å². The van der Waals surface area contributed by atoms with Gasteiger partial charge < -0.3 is 19.1 Å². The molecule has 1 fully saturated rings. The molecule has 1 aromatic carbocycles. The number of aromatic amines is 1. The fraction of sp³-hybridized carbons (Fsp3) is 0.444. The van der Waals surface area contributed by atoms with Crippen molar-refractivity contribution in [2.45, 2.75) is 25.1 Å². The molecule has 0 spiro atoms. The van der Waals surface area contributed by atoms with Crippen LogP contribution < -0.4 is 9.47 Å². The molecule has 2 aliphatic heterocycles. The molecule has 3 heterocycles. The second-order valence-corrected chi connectivity index (χ2v) is 6.63. The standard InChI is InChI=1S/C18H18F3N3O4/c19-18(20,21)9-24(12-3-5-26-6-4-12)17(25)14-8-13(22-23-14)11-1-2-15-16(7-11)28-10-27-15/h1-2,7-8,12H,3-6,9-10H2,(H,22,23). The second-order valence-electron chi connectivity index (χ2n) is 6.63. The van der Waals surface area contributed by atoms with Crippen LogP contribution in [0.15, 0.2) is 24.3 Å². The van der Waals surface area contributed by atoms with E-state index in [9.17, 15) is 18.0 Å². The summed E-state index contributed by atoms with van der Waals surface area (Å²) in [4.78, 5) is 13.7. The second kappa shape index (κ2) is 7.34. The van der Waals surface area contributed by atoms with Crippen LogP contribution in [0.1, 0.15) is 23.3 Å². The Labute approximate surface area is 158 Å².